The highest BCUT2D eigenvalue weighted by molar-refractivity contribution is 6.02. The van der Waals surface area contributed by atoms with Gasteiger partial charge in [-0.15, -0.1) is 0 Å². The van der Waals surface area contributed by atoms with E-state index in [4.69, 9.17) is 4.74 Å². The van der Waals surface area contributed by atoms with Gasteiger partial charge in [-0.3, -0.25) is 9.59 Å². The Hall–Kier alpha value is -3.81. The van der Waals surface area contributed by atoms with Crippen LogP contribution in [0, 0.1) is 17.5 Å². The van der Waals surface area contributed by atoms with Crippen molar-refractivity contribution in [3.8, 4) is 11.5 Å². The molecule has 152 valence electrons. The maximum Gasteiger partial charge on any atom is 0.254 e. The molecule has 0 unspecified atom stereocenters. The summed E-state index contributed by atoms with van der Waals surface area (Å²) < 4.78 is 47.0. The van der Waals surface area contributed by atoms with Gasteiger partial charge in [0.05, 0.1) is 24.5 Å². The van der Waals surface area contributed by atoms with E-state index in [9.17, 15) is 22.8 Å². The Bertz CT molecular complexity index is 1110. The Morgan fingerprint density at radius 1 is 0.967 bits per heavy atom. The zero-order chi connectivity index (χ0) is 21.3. The van der Waals surface area contributed by atoms with Crippen molar-refractivity contribution < 1.29 is 27.5 Å². The van der Waals surface area contributed by atoms with Crippen molar-refractivity contribution in [2.45, 2.75) is 6.54 Å². The van der Waals surface area contributed by atoms with Crippen molar-refractivity contribution in [3.05, 3.63) is 88.7 Å². The molecule has 1 amide bonds. The molecule has 0 aromatic heterocycles. The molecule has 0 spiro atoms. The van der Waals surface area contributed by atoms with Gasteiger partial charge in [0.2, 0.25) is 0 Å². The summed E-state index contributed by atoms with van der Waals surface area (Å²) in [6, 6.07) is 12.4. The minimum atomic E-state index is -0.996. The molecular weight excluding hydrogens is 397 g/mol. The van der Waals surface area contributed by atoms with Gasteiger partial charge in [0.15, 0.2) is 0 Å². The van der Waals surface area contributed by atoms with Crippen LogP contribution in [0.5, 0.6) is 11.5 Å². The second-order valence-electron chi connectivity index (χ2n) is 6.68. The van der Waals surface area contributed by atoms with Crippen molar-refractivity contribution in [2.75, 3.05) is 11.6 Å². The molecule has 1 N–H and O–H groups in total. The molecule has 3 aromatic rings. The summed E-state index contributed by atoms with van der Waals surface area (Å²) in [5.74, 6) is -2.49. The Labute approximate surface area is 169 Å². The zero-order valence-corrected chi connectivity index (χ0v) is 15.5. The Balaban J connectivity index is 1.61. The van der Waals surface area contributed by atoms with E-state index in [-0.39, 0.29) is 30.2 Å². The quantitative estimate of drug-likeness (QED) is 0.631. The van der Waals surface area contributed by atoms with Crippen molar-refractivity contribution in [1.82, 2.24) is 5.32 Å². The van der Waals surface area contributed by atoms with Crippen LogP contribution in [0.25, 0.3) is 0 Å². The Kier molecular flexibility index (Phi) is 5.14. The number of nitrogens with zero attached hydrogens (tertiary/aromatic N) is 1. The van der Waals surface area contributed by atoms with E-state index in [1.807, 2.05) is 0 Å². The van der Waals surface area contributed by atoms with Crippen LogP contribution >= 0.6 is 0 Å². The van der Waals surface area contributed by atoms with E-state index >= 15 is 0 Å². The van der Waals surface area contributed by atoms with Crippen LogP contribution < -0.4 is 15.0 Å². The molecule has 1 aliphatic rings. The van der Waals surface area contributed by atoms with Crippen LogP contribution in [-0.4, -0.2) is 18.9 Å². The molecule has 0 radical (unpaired) electrons. The highest BCUT2D eigenvalue weighted by Gasteiger charge is 2.25. The predicted molar refractivity (Wildman–Crippen MR) is 103 cm³/mol. The van der Waals surface area contributed by atoms with Crippen LogP contribution in [0.3, 0.4) is 0 Å². The highest BCUT2D eigenvalue weighted by atomic mass is 19.1. The normalized spacial score (nSPS) is 12.9. The van der Waals surface area contributed by atoms with Crippen LogP contribution in [0.15, 0.2) is 54.6 Å². The molecule has 0 atom stereocenters. The topological polar surface area (TPSA) is 58.6 Å². The predicted octanol–water partition coefficient (Wildman–Crippen LogP) is 4.42. The maximum absolute atomic E-state index is 14.0. The molecule has 0 fully saturated rings. The van der Waals surface area contributed by atoms with Gasteiger partial charge in [-0.05, 0) is 42.5 Å². The van der Waals surface area contributed by atoms with Gasteiger partial charge in [0.25, 0.3) is 5.91 Å². The van der Waals surface area contributed by atoms with Crippen LogP contribution in [0.1, 0.15) is 26.3 Å². The molecule has 1 aliphatic heterocycles. The summed E-state index contributed by atoms with van der Waals surface area (Å²) in [7, 11) is 0. The molecule has 0 saturated carbocycles. The number of fused-ring (bicyclic) bond motifs is 1. The van der Waals surface area contributed by atoms with Crippen molar-refractivity contribution in [2.24, 2.45) is 0 Å². The fourth-order valence-electron chi connectivity index (χ4n) is 3.19. The number of aldehydes is 1. The molecule has 30 heavy (non-hydrogen) atoms. The first-order chi connectivity index (χ1) is 14.4. The number of ether oxygens (including phenoxy) is 1. The molecule has 3 aromatic carbocycles. The summed E-state index contributed by atoms with van der Waals surface area (Å²) in [5, 5.41) is 2.64. The number of rotatable bonds is 5. The average molecular weight is 412 g/mol. The SMILES string of the molecule is O=Cc1ccc(Oc2ccc3c(c2)C(=O)NCN3Cc2c(F)cc(F)cc2F)cc1. The van der Waals surface area contributed by atoms with E-state index in [0.29, 0.717) is 41.2 Å². The minimum absolute atomic E-state index is 0.0372. The Morgan fingerprint density at radius 3 is 2.30 bits per heavy atom. The largest absolute Gasteiger partial charge is 0.457 e. The van der Waals surface area contributed by atoms with Gasteiger partial charge in [0.1, 0.15) is 35.2 Å². The molecule has 8 heteroatoms. The van der Waals surface area contributed by atoms with Gasteiger partial charge in [-0.1, -0.05) is 0 Å². The lowest BCUT2D eigenvalue weighted by molar-refractivity contribution is 0.0946. The first-order valence-corrected chi connectivity index (χ1v) is 8.98. The smallest absolute Gasteiger partial charge is 0.254 e. The Morgan fingerprint density at radius 2 is 1.63 bits per heavy atom. The summed E-state index contributed by atoms with van der Waals surface area (Å²) >= 11 is 0. The number of amides is 1. The average Bonchev–Trinajstić information content (AvgIpc) is 2.73. The highest BCUT2D eigenvalue weighted by Crippen LogP contribution is 2.32. The number of nitrogens with one attached hydrogen (secondary N) is 1. The summed E-state index contributed by atoms with van der Waals surface area (Å²) in [6.07, 6.45) is 0.717. The third-order valence-electron chi connectivity index (χ3n) is 4.69. The number of anilines is 1. The summed E-state index contributed by atoms with van der Waals surface area (Å²) in [5.41, 5.74) is 0.939. The van der Waals surface area contributed by atoms with Crippen molar-refractivity contribution >= 4 is 17.9 Å². The zero-order valence-electron chi connectivity index (χ0n) is 15.5. The third-order valence-corrected chi connectivity index (χ3v) is 4.69. The number of halogens is 3. The van der Waals surface area contributed by atoms with Crippen molar-refractivity contribution in [1.29, 1.82) is 0 Å². The second kappa shape index (κ2) is 7.90. The van der Waals surface area contributed by atoms with Gasteiger partial charge >= 0.3 is 0 Å². The summed E-state index contributed by atoms with van der Waals surface area (Å²) in [6.45, 7) is -0.159. The standard InChI is InChI=1S/C22H15F3N2O3/c23-14-7-19(24)18(20(25)8-14)10-27-12-26-22(29)17-9-16(5-6-21(17)27)30-15-3-1-13(11-28)2-4-15/h1-9,11H,10,12H2,(H,26,29). The lowest BCUT2D eigenvalue weighted by atomic mass is 10.1. The molecule has 0 saturated heterocycles. The summed E-state index contributed by atoms with van der Waals surface area (Å²) in [4.78, 5) is 24.6. The van der Waals surface area contributed by atoms with E-state index in [2.05, 4.69) is 5.32 Å². The van der Waals surface area contributed by atoms with E-state index in [1.165, 1.54) is 6.07 Å². The molecule has 4 rings (SSSR count). The maximum atomic E-state index is 14.0. The van der Waals surface area contributed by atoms with Crippen LogP contribution in [0.4, 0.5) is 18.9 Å². The number of hydrogen-bond donors (Lipinski definition) is 1. The first-order valence-electron chi connectivity index (χ1n) is 8.98. The molecule has 0 bridgehead atoms. The van der Waals surface area contributed by atoms with Gasteiger partial charge in [-0.25, -0.2) is 13.2 Å². The third kappa shape index (κ3) is 3.84. The number of benzene rings is 3. The number of carbonyl (C=O) groups excluding carboxylic acids is 2. The number of carbonyl (C=O) groups is 2. The van der Waals surface area contributed by atoms with E-state index in [0.717, 1.165) is 0 Å². The lowest BCUT2D eigenvalue weighted by Gasteiger charge is -2.31. The van der Waals surface area contributed by atoms with Crippen LogP contribution in [0.2, 0.25) is 0 Å². The number of hydrogen-bond acceptors (Lipinski definition) is 4. The monoisotopic (exact) mass is 412 g/mol. The van der Waals surface area contributed by atoms with Gasteiger partial charge < -0.3 is 15.0 Å². The molecule has 0 aliphatic carbocycles. The molecular formula is C22H15F3N2O3. The van der Waals surface area contributed by atoms with Gasteiger partial charge in [0, 0.05) is 23.3 Å². The fraction of sp³-hybridized carbons (Fsp3) is 0.0909. The van der Waals surface area contributed by atoms with Crippen LogP contribution in [-0.2, 0) is 6.54 Å². The lowest BCUT2D eigenvalue weighted by Crippen LogP contribution is -2.43. The first kappa shape index (κ1) is 19.5. The van der Waals surface area contributed by atoms with Crippen molar-refractivity contribution in [3.63, 3.8) is 0 Å². The van der Waals surface area contributed by atoms with E-state index in [1.54, 1.807) is 41.3 Å². The molecule has 1 heterocycles. The van der Waals surface area contributed by atoms with Gasteiger partial charge in [-0.2, -0.15) is 0 Å². The van der Waals surface area contributed by atoms with E-state index < -0.39 is 17.5 Å². The minimum Gasteiger partial charge on any atom is -0.457 e. The molecule has 5 nitrogen and oxygen atoms in total. The fourth-order valence-corrected chi connectivity index (χ4v) is 3.19. The second-order valence-corrected chi connectivity index (χ2v) is 6.68.